The lowest BCUT2D eigenvalue weighted by Crippen LogP contribution is -2.04. The minimum atomic E-state index is -0.856. The zero-order chi connectivity index (χ0) is 10.9. The van der Waals surface area contributed by atoms with Gasteiger partial charge in [0.15, 0.2) is 0 Å². The average Bonchev–Trinajstić information content (AvgIpc) is 2.29. The van der Waals surface area contributed by atoms with Gasteiger partial charge in [-0.15, -0.1) is 0 Å². The fraction of sp³-hybridized carbons (Fsp3) is 0.417. The van der Waals surface area contributed by atoms with Crippen LogP contribution in [0.25, 0.3) is 0 Å². The van der Waals surface area contributed by atoms with E-state index in [0.717, 1.165) is 5.56 Å². The first kappa shape index (κ1) is 11.7. The van der Waals surface area contributed by atoms with Gasteiger partial charge in [-0.05, 0) is 18.4 Å². The highest BCUT2D eigenvalue weighted by Crippen LogP contribution is 2.02. The number of nitriles is 1. The van der Waals surface area contributed by atoms with E-state index in [9.17, 15) is 0 Å². The van der Waals surface area contributed by atoms with Crippen LogP contribution in [0, 0.1) is 11.3 Å². The van der Waals surface area contributed by atoms with Crippen molar-refractivity contribution in [3.63, 3.8) is 0 Å². The van der Waals surface area contributed by atoms with Crippen LogP contribution in [0.2, 0.25) is 0 Å². The smallest absolute Gasteiger partial charge is 0.140 e. The molecule has 0 aliphatic carbocycles. The van der Waals surface area contributed by atoms with E-state index in [1.54, 1.807) is 6.07 Å². The van der Waals surface area contributed by atoms with E-state index in [2.05, 4.69) is 0 Å². The number of aliphatic hydroxyl groups is 1. The van der Waals surface area contributed by atoms with E-state index in [4.69, 9.17) is 15.1 Å². The molecule has 80 valence electrons. The summed E-state index contributed by atoms with van der Waals surface area (Å²) in [7, 11) is 0. The molecule has 1 N–H and O–H groups in total. The Labute approximate surface area is 89.9 Å². The molecule has 0 spiro atoms. The fourth-order valence-corrected chi connectivity index (χ4v) is 1.21. The minimum Gasteiger partial charge on any atom is -0.378 e. The molecule has 1 aromatic carbocycles. The largest absolute Gasteiger partial charge is 0.378 e. The van der Waals surface area contributed by atoms with Gasteiger partial charge in [-0.3, -0.25) is 0 Å². The molecule has 0 amide bonds. The Morgan fingerprint density at radius 2 is 2.07 bits per heavy atom. The van der Waals surface area contributed by atoms with Crippen molar-refractivity contribution in [1.29, 1.82) is 5.26 Å². The van der Waals surface area contributed by atoms with Crippen LogP contribution in [-0.2, 0) is 11.3 Å². The predicted molar refractivity (Wildman–Crippen MR) is 57.0 cm³/mol. The normalized spacial score (nSPS) is 12.0. The standard InChI is InChI=1S/C12H15NO2/c13-9-12(14)7-4-8-15-10-11-5-2-1-3-6-11/h1-3,5-6,12,14H,4,7-8,10H2/t12-/m1/s1. The lowest BCUT2D eigenvalue weighted by molar-refractivity contribution is 0.107. The molecule has 0 aliphatic rings. The topological polar surface area (TPSA) is 53.2 Å². The van der Waals surface area contributed by atoms with Crippen molar-refractivity contribution >= 4 is 0 Å². The SMILES string of the molecule is N#C[C@H](O)CCCOCc1ccccc1. The summed E-state index contributed by atoms with van der Waals surface area (Å²) in [5.74, 6) is 0. The summed E-state index contributed by atoms with van der Waals surface area (Å²) in [6.07, 6.45) is 0.331. The maximum Gasteiger partial charge on any atom is 0.140 e. The molecule has 0 fully saturated rings. The van der Waals surface area contributed by atoms with E-state index in [-0.39, 0.29) is 0 Å². The van der Waals surface area contributed by atoms with Crippen molar-refractivity contribution in [3.05, 3.63) is 35.9 Å². The van der Waals surface area contributed by atoms with Crippen LogP contribution < -0.4 is 0 Å². The first-order valence-electron chi connectivity index (χ1n) is 5.02. The molecular weight excluding hydrogens is 190 g/mol. The molecule has 15 heavy (non-hydrogen) atoms. The second-order valence-corrected chi connectivity index (χ2v) is 3.33. The molecule has 0 saturated heterocycles. The Morgan fingerprint density at radius 1 is 1.33 bits per heavy atom. The molecular formula is C12H15NO2. The number of aliphatic hydroxyl groups excluding tert-OH is 1. The Hall–Kier alpha value is -1.37. The number of rotatable bonds is 6. The lowest BCUT2D eigenvalue weighted by atomic mass is 10.2. The van der Waals surface area contributed by atoms with E-state index < -0.39 is 6.10 Å². The zero-order valence-electron chi connectivity index (χ0n) is 8.60. The van der Waals surface area contributed by atoms with Gasteiger partial charge in [0.2, 0.25) is 0 Å². The quantitative estimate of drug-likeness (QED) is 0.569. The summed E-state index contributed by atoms with van der Waals surface area (Å²) < 4.78 is 5.39. The van der Waals surface area contributed by atoms with Gasteiger partial charge in [0.25, 0.3) is 0 Å². The number of hydrogen-bond acceptors (Lipinski definition) is 3. The van der Waals surface area contributed by atoms with Gasteiger partial charge in [-0.25, -0.2) is 0 Å². The molecule has 0 radical (unpaired) electrons. The maximum absolute atomic E-state index is 8.96. The molecule has 0 unspecified atom stereocenters. The summed E-state index contributed by atoms with van der Waals surface area (Å²) in [5.41, 5.74) is 1.14. The predicted octanol–water partition coefficient (Wildman–Crippen LogP) is 1.87. The van der Waals surface area contributed by atoms with Crippen LogP contribution in [0.5, 0.6) is 0 Å². The molecule has 0 aliphatic heterocycles. The van der Waals surface area contributed by atoms with Crippen molar-refractivity contribution in [2.75, 3.05) is 6.61 Å². The second-order valence-electron chi connectivity index (χ2n) is 3.33. The number of benzene rings is 1. The van der Waals surface area contributed by atoms with Crippen LogP contribution in [0.4, 0.5) is 0 Å². The van der Waals surface area contributed by atoms with Crippen molar-refractivity contribution < 1.29 is 9.84 Å². The van der Waals surface area contributed by atoms with Crippen LogP contribution in [-0.4, -0.2) is 17.8 Å². The highest BCUT2D eigenvalue weighted by molar-refractivity contribution is 5.13. The van der Waals surface area contributed by atoms with Crippen molar-refractivity contribution in [1.82, 2.24) is 0 Å². The number of hydrogen-bond donors (Lipinski definition) is 1. The summed E-state index contributed by atoms with van der Waals surface area (Å²) in [6, 6.07) is 11.7. The van der Waals surface area contributed by atoms with Gasteiger partial charge < -0.3 is 9.84 Å². The zero-order valence-corrected chi connectivity index (χ0v) is 8.60. The molecule has 0 saturated carbocycles. The summed E-state index contributed by atoms with van der Waals surface area (Å²) >= 11 is 0. The summed E-state index contributed by atoms with van der Waals surface area (Å²) in [6.45, 7) is 1.16. The van der Waals surface area contributed by atoms with Crippen LogP contribution >= 0.6 is 0 Å². The number of nitrogens with zero attached hydrogens (tertiary/aromatic N) is 1. The highest BCUT2D eigenvalue weighted by Gasteiger charge is 2.00. The third-order valence-electron chi connectivity index (χ3n) is 2.03. The second kappa shape index (κ2) is 6.99. The van der Waals surface area contributed by atoms with E-state index in [1.165, 1.54) is 0 Å². The van der Waals surface area contributed by atoms with Gasteiger partial charge in [-0.1, -0.05) is 30.3 Å². The first-order chi connectivity index (χ1) is 7.33. The van der Waals surface area contributed by atoms with Gasteiger partial charge in [0.1, 0.15) is 6.10 Å². The van der Waals surface area contributed by atoms with Crippen LogP contribution in [0.15, 0.2) is 30.3 Å². The molecule has 0 bridgehead atoms. The molecule has 1 rings (SSSR count). The first-order valence-corrected chi connectivity index (χ1v) is 5.02. The van der Waals surface area contributed by atoms with Crippen molar-refractivity contribution in [2.45, 2.75) is 25.6 Å². The van der Waals surface area contributed by atoms with E-state index in [0.29, 0.717) is 26.1 Å². The Bertz CT molecular complexity index is 305. The molecule has 3 nitrogen and oxygen atoms in total. The Morgan fingerprint density at radius 3 is 2.73 bits per heavy atom. The van der Waals surface area contributed by atoms with Gasteiger partial charge in [0.05, 0.1) is 12.7 Å². The molecule has 1 atom stereocenters. The monoisotopic (exact) mass is 205 g/mol. The van der Waals surface area contributed by atoms with Gasteiger partial charge in [0, 0.05) is 6.61 Å². The van der Waals surface area contributed by atoms with Crippen molar-refractivity contribution in [2.24, 2.45) is 0 Å². The van der Waals surface area contributed by atoms with Gasteiger partial charge in [-0.2, -0.15) is 5.26 Å². The highest BCUT2D eigenvalue weighted by atomic mass is 16.5. The van der Waals surface area contributed by atoms with E-state index >= 15 is 0 Å². The van der Waals surface area contributed by atoms with Crippen LogP contribution in [0.1, 0.15) is 18.4 Å². The molecule has 1 aromatic rings. The maximum atomic E-state index is 8.96. The Balaban J connectivity index is 2.06. The lowest BCUT2D eigenvalue weighted by Gasteiger charge is -2.04. The molecule has 0 aromatic heterocycles. The molecule has 0 heterocycles. The fourth-order valence-electron chi connectivity index (χ4n) is 1.21. The Kier molecular flexibility index (Phi) is 5.46. The van der Waals surface area contributed by atoms with Crippen LogP contribution in [0.3, 0.4) is 0 Å². The van der Waals surface area contributed by atoms with Crippen molar-refractivity contribution in [3.8, 4) is 6.07 Å². The van der Waals surface area contributed by atoms with E-state index in [1.807, 2.05) is 30.3 Å². The average molecular weight is 205 g/mol. The summed E-state index contributed by atoms with van der Waals surface area (Å²) in [4.78, 5) is 0. The third-order valence-corrected chi connectivity index (χ3v) is 2.03. The minimum absolute atomic E-state index is 0.477. The number of ether oxygens (including phenoxy) is 1. The molecule has 3 heteroatoms. The summed E-state index contributed by atoms with van der Waals surface area (Å²) in [5, 5.41) is 17.3. The third kappa shape index (κ3) is 5.16. The van der Waals surface area contributed by atoms with Gasteiger partial charge >= 0.3 is 0 Å².